The Balaban J connectivity index is 2.17. The second-order valence-corrected chi connectivity index (χ2v) is 3.57. The highest BCUT2D eigenvalue weighted by Crippen LogP contribution is 2.54. The van der Waals surface area contributed by atoms with Gasteiger partial charge in [0.25, 0.3) is 5.92 Å². The van der Waals surface area contributed by atoms with Crippen LogP contribution in [0.15, 0.2) is 35.9 Å². The Morgan fingerprint density at radius 3 is 2.50 bits per heavy atom. The molecule has 0 saturated heterocycles. The minimum atomic E-state index is -2.92. The number of allylic oxidation sites excluding steroid dienone is 1. The molecule has 1 aliphatic carbocycles. The van der Waals surface area contributed by atoms with Crippen LogP contribution >= 0.6 is 0 Å². The van der Waals surface area contributed by atoms with Crippen molar-refractivity contribution < 1.29 is 18.3 Å². The lowest BCUT2D eigenvalue weighted by Gasteiger charge is -1.98. The van der Waals surface area contributed by atoms with E-state index >= 15 is 0 Å². The van der Waals surface area contributed by atoms with Gasteiger partial charge < -0.3 is 4.74 Å². The minimum absolute atomic E-state index is 0.0191. The Morgan fingerprint density at radius 1 is 1.31 bits per heavy atom. The topological polar surface area (TPSA) is 26.3 Å². The molecule has 0 amide bonds. The minimum Gasteiger partial charge on any atom is -0.461 e. The Kier molecular flexibility index (Phi) is 2.50. The fraction of sp³-hybridized carbons (Fsp3) is 0.250. The SMILES string of the molecule is CC(=O)OCC1=C(c2ccccc2)C1(F)F. The smallest absolute Gasteiger partial charge is 0.302 e. The van der Waals surface area contributed by atoms with Crippen molar-refractivity contribution in [1.29, 1.82) is 0 Å². The average molecular weight is 224 g/mol. The van der Waals surface area contributed by atoms with Crippen molar-refractivity contribution in [2.75, 3.05) is 6.61 Å². The number of carbonyl (C=O) groups is 1. The molecule has 0 aliphatic heterocycles. The van der Waals surface area contributed by atoms with Crippen LogP contribution in [0.25, 0.3) is 5.57 Å². The van der Waals surface area contributed by atoms with E-state index in [1.807, 2.05) is 0 Å². The Bertz CT molecular complexity index is 449. The van der Waals surface area contributed by atoms with Crippen LogP contribution in [0.2, 0.25) is 0 Å². The van der Waals surface area contributed by atoms with Crippen molar-refractivity contribution in [3.05, 3.63) is 41.5 Å². The van der Waals surface area contributed by atoms with Crippen LogP contribution in [0, 0.1) is 0 Å². The molecule has 16 heavy (non-hydrogen) atoms. The number of hydrogen-bond acceptors (Lipinski definition) is 2. The second-order valence-electron chi connectivity index (χ2n) is 3.57. The van der Waals surface area contributed by atoms with E-state index in [1.54, 1.807) is 30.3 Å². The number of ether oxygens (including phenoxy) is 1. The summed E-state index contributed by atoms with van der Waals surface area (Å²) in [6.07, 6.45) is 0. The summed E-state index contributed by atoms with van der Waals surface area (Å²) in [7, 11) is 0. The highest BCUT2D eigenvalue weighted by Gasteiger charge is 2.56. The van der Waals surface area contributed by atoms with Gasteiger partial charge in [0, 0.05) is 12.5 Å². The third kappa shape index (κ3) is 1.83. The fourth-order valence-electron chi connectivity index (χ4n) is 1.58. The maximum atomic E-state index is 13.3. The zero-order valence-electron chi connectivity index (χ0n) is 8.67. The number of rotatable bonds is 3. The maximum Gasteiger partial charge on any atom is 0.302 e. The van der Waals surface area contributed by atoms with Gasteiger partial charge in [0.05, 0.1) is 5.57 Å². The summed E-state index contributed by atoms with van der Waals surface area (Å²) in [5.41, 5.74) is 0.359. The molecule has 4 heteroatoms. The fourth-order valence-corrected chi connectivity index (χ4v) is 1.58. The van der Waals surface area contributed by atoms with Crippen LogP contribution < -0.4 is 0 Å². The summed E-state index contributed by atoms with van der Waals surface area (Å²) in [6, 6.07) is 8.38. The van der Waals surface area contributed by atoms with E-state index in [2.05, 4.69) is 4.74 Å². The molecule has 84 valence electrons. The summed E-state index contributed by atoms with van der Waals surface area (Å²) in [6.45, 7) is 0.871. The quantitative estimate of drug-likeness (QED) is 0.738. The molecule has 2 rings (SSSR count). The van der Waals surface area contributed by atoms with Gasteiger partial charge in [-0.1, -0.05) is 30.3 Å². The van der Waals surface area contributed by atoms with Gasteiger partial charge in [-0.05, 0) is 5.56 Å². The van der Waals surface area contributed by atoms with Gasteiger partial charge in [-0.3, -0.25) is 4.79 Å². The second kappa shape index (κ2) is 3.70. The molecule has 0 radical (unpaired) electrons. The molecule has 0 heterocycles. The molecule has 1 aromatic rings. The Morgan fingerprint density at radius 2 is 1.94 bits per heavy atom. The van der Waals surface area contributed by atoms with E-state index in [1.165, 1.54) is 6.92 Å². The van der Waals surface area contributed by atoms with Crippen LogP contribution in [0.1, 0.15) is 12.5 Å². The molecule has 1 aliphatic rings. The van der Waals surface area contributed by atoms with Crippen LogP contribution in [0.3, 0.4) is 0 Å². The summed E-state index contributed by atoms with van der Waals surface area (Å²) >= 11 is 0. The van der Waals surface area contributed by atoms with Crippen molar-refractivity contribution >= 4 is 11.5 Å². The lowest BCUT2D eigenvalue weighted by atomic mass is 10.2. The number of benzene rings is 1. The van der Waals surface area contributed by atoms with Crippen LogP contribution in [-0.2, 0) is 9.53 Å². The first-order valence-corrected chi connectivity index (χ1v) is 4.84. The van der Waals surface area contributed by atoms with Crippen LogP contribution in [-0.4, -0.2) is 18.5 Å². The van der Waals surface area contributed by atoms with E-state index in [-0.39, 0.29) is 17.8 Å². The van der Waals surface area contributed by atoms with Crippen LogP contribution in [0.5, 0.6) is 0 Å². The van der Waals surface area contributed by atoms with Gasteiger partial charge in [-0.2, -0.15) is 8.78 Å². The van der Waals surface area contributed by atoms with Gasteiger partial charge in [-0.15, -0.1) is 0 Å². The van der Waals surface area contributed by atoms with Crippen molar-refractivity contribution in [3.63, 3.8) is 0 Å². The number of esters is 1. The lowest BCUT2D eigenvalue weighted by molar-refractivity contribution is -0.140. The van der Waals surface area contributed by atoms with Gasteiger partial charge in [0.1, 0.15) is 6.61 Å². The number of hydrogen-bond donors (Lipinski definition) is 0. The molecular weight excluding hydrogens is 214 g/mol. The number of halogens is 2. The van der Waals surface area contributed by atoms with Crippen molar-refractivity contribution in [3.8, 4) is 0 Å². The van der Waals surface area contributed by atoms with Gasteiger partial charge in [-0.25, -0.2) is 0 Å². The zero-order valence-corrected chi connectivity index (χ0v) is 8.67. The van der Waals surface area contributed by atoms with Crippen LogP contribution in [0.4, 0.5) is 8.78 Å². The van der Waals surface area contributed by atoms with E-state index in [9.17, 15) is 13.6 Å². The Labute approximate surface area is 91.5 Å². The van der Waals surface area contributed by atoms with Crippen molar-refractivity contribution in [1.82, 2.24) is 0 Å². The average Bonchev–Trinajstić information content (AvgIpc) is 2.79. The largest absolute Gasteiger partial charge is 0.461 e. The lowest BCUT2D eigenvalue weighted by Crippen LogP contribution is -2.05. The normalized spacial score (nSPS) is 17.2. The summed E-state index contributed by atoms with van der Waals surface area (Å²) in [4.78, 5) is 10.5. The summed E-state index contributed by atoms with van der Waals surface area (Å²) in [5, 5.41) is 0. The highest BCUT2D eigenvalue weighted by molar-refractivity contribution is 5.91. The van der Waals surface area contributed by atoms with E-state index in [4.69, 9.17) is 0 Å². The third-order valence-corrected chi connectivity index (χ3v) is 2.41. The molecule has 2 nitrogen and oxygen atoms in total. The summed E-state index contributed by atoms with van der Waals surface area (Å²) in [5.74, 6) is -3.47. The highest BCUT2D eigenvalue weighted by atomic mass is 19.3. The predicted octanol–water partition coefficient (Wildman–Crippen LogP) is 2.65. The first kappa shape index (κ1) is 10.8. The molecule has 0 fully saturated rings. The first-order chi connectivity index (χ1) is 7.53. The molecule has 1 aromatic carbocycles. The molecular formula is C12H10F2O2. The number of carbonyl (C=O) groups excluding carboxylic acids is 1. The molecule has 0 atom stereocenters. The molecule has 0 bridgehead atoms. The molecule has 0 spiro atoms. The van der Waals surface area contributed by atoms with Crippen molar-refractivity contribution in [2.45, 2.75) is 12.8 Å². The van der Waals surface area contributed by atoms with E-state index < -0.39 is 11.9 Å². The van der Waals surface area contributed by atoms with Gasteiger partial charge >= 0.3 is 5.97 Å². The molecule has 0 saturated carbocycles. The Hall–Kier alpha value is -1.71. The summed E-state index contributed by atoms with van der Waals surface area (Å²) < 4.78 is 31.2. The monoisotopic (exact) mass is 224 g/mol. The predicted molar refractivity (Wildman–Crippen MR) is 54.9 cm³/mol. The van der Waals surface area contributed by atoms with Gasteiger partial charge in [0.15, 0.2) is 0 Å². The van der Waals surface area contributed by atoms with Crippen molar-refractivity contribution in [2.24, 2.45) is 0 Å². The van der Waals surface area contributed by atoms with E-state index in [0.717, 1.165) is 0 Å². The first-order valence-electron chi connectivity index (χ1n) is 4.84. The standard InChI is InChI=1S/C12H10F2O2/c1-8(15)16-7-10-11(12(10,13)14)9-5-3-2-4-6-9/h2-6H,7H2,1H3. The van der Waals surface area contributed by atoms with E-state index in [0.29, 0.717) is 5.56 Å². The number of alkyl halides is 2. The van der Waals surface area contributed by atoms with Gasteiger partial charge in [0.2, 0.25) is 0 Å². The molecule has 0 aromatic heterocycles. The molecule has 0 unspecified atom stereocenters. The maximum absolute atomic E-state index is 13.3. The molecule has 0 N–H and O–H groups in total. The zero-order chi connectivity index (χ0) is 11.8. The third-order valence-electron chi connectivity index (χ3n) is 2.41.